The Morgan fingerprint density at radius 3 is 1.75 bits per heavy atom. The van der Waals surface area contributed by atoms with E-state index < -0.39 is 6.04 Å². The van der Waals surface area contributed by atoms with E-state index in [1.807, 2.05) is 0 Å². The Labute approximate surface area is 127 Å². The van der Waals surface area contributed by atoms with Crippen molar-refractivity contribution in [2.45, 2.75) is 51.4 Å². The Bertz CT molecular complexity index is 615. The molecule has 2 aliphatic carbocycles. The fourth-order valence-corrected chi connectivity index (χ4v) is 9.55. The van der Waals surface area contributed by atoms with Gasteiger partial charge in [-0.3, -0.25) is 0 Å². The van der Waals surface area contributed by atoms with Crippen molar-refractivity contribution >= 4 is 23.1 Å². The van der Waals surface area contributed by atoms with Gasteiger partial charge in [-0.1, -0.05) is 42.1 Å². The van der Waals surface area contributed by atoms with Crippen molar-refractivity contribution in [1.29, 1.82) is 0 Å². The number of fused-ring (bicyclic) bond motifs is 1. The maximum absolute atomic E-state index is 6.42. The molecule has 0 saturated carbocycles. The Hall–Kier alpha value is -0.650. The normalized spacial score (nSPS) is 24.6. The largest absolute Gasteiger partial charge is 0.0832 e. The lowest BCUT2D eigenvalue weighted by atomic mass is 9.87. The maximum Gasteiger partial charge on any atom is 0.0307 e. The highest BCUT2D eigenvalue weighted by Crippen LogP contribution is 2.72. The van der Waals surface area contributed by atoms with Gasteiger partial charge < -0.3 is 0 Å². The van der Waals surface area contributed by atoms with Crippen LogP contribution in [0.15, 0.2) is 52.1 Å². The van der Waals surface area contributed by atoms with Crippen LogP contribution in [-0.2, 0) is 11.8 Å². The van der Waals surface area contributed by atoms with Crippen molar-refractivity contribution < 1.29 is 0 Å². The average molecular weight is 300 g/mol. The van der Waals surface area contributed by atoms with Gasteiger partial charge in [-0.15, -0.1) is 0 Å². The van der Waals surface area contributed by atoms with Gasteiger partial charge in [0.2, 0.25) is 0 Å². The predicted molar refractivity (Wildman–Crippen MR) is 91.3 cm³/mol. The predicted octanol–water partition coefficient (Wildman–Crippen LogP) is 5.46. The number of hydrogen-bond acceptors (Lipinski definition) is 1. The molecule has 0 N–H and O–H groups in total. The van der Waals surface area contributed by atoms with E-state index in [9.17, 15) is 0 Å². The monoisotopic (exact) mass is 300 g/mol. The summed E-state index contributed by atoms with van der Waals surface area (Å²) in [5.74, 6) is 0. The molecule has 0 aromatic heterocycles. The highest BCUT2D eigenvalue weighted by Gasteiger charge is 2.40. The van der Waals surface area contributed by atoms with E-state index >= 15 is 0 Å². The average Bonchev–Trinajstić information content (AvgIpc) is 2.80. The lowest BCUT2D eigenvalue weighted by Gasteiger charge is -2.27. The summed E-state index contributed by atoms with van der Waals surface area (Å²) in [6, 6.07) is 9.47. The van der Waals surface area contributed by atoms with E-state index in [0.29, 0.717) is 0 Å². The number of allylic oxidation sites excluding steroid dienone is 4. The summed E-state index contributed by atoms with van der Waals surface area (Å²) >= 11 is 6.42. The highest BCUT2D eigenvalue weighted by atomic mass is 32.4. The van der Waals surface area contributed by atoms with Crippen LogP contribution < -0.4 is 5.30 Å². The second-order valence-corrected chi connectivity index (χ2v) is 10.7. The van der Waals surface area contributed by atoms with Crippen LogP contribution in [0.4, 0.5) is 0 Å². The summed E-state index contributed by atoms with van der Waals surface area (Å²) in [6.07, 6.45) is 10.6. The van der Waals surface area contributed by atoms with Crippen LogP contribution >= 0.6 is 6.04 Å². The first-order valence-corrected chi connectivity index (χ1v) is 10.7. The van der Waals surface area contributed by atoms with E-state index in [-0.39, 0.29) is 0 Å². The third-order valence-electron chi connectivity index (χ3n) is 5.12. The summed E-state index contributed by atoms with van der Waals surface area (Å²) in [6.45, 7) is 0. The van der Waals surface area contributed by atoms with Crippen LogP contribution in [0.2, 0.25) is 0 Å². The van der Waals surface area contributed by atoms with Crippen molar-refractivity contribution in [2.24, 2.45) is 0 Å². The molecule has 0 nitrogen and oxygen atoms in total. The smallest absolute Gasteiger partial charge is 0.0307 e. The van der Waals surface area contributed by atoms with Crippen LogP contribution in [0.5, 0.6) is 0 Å². The molecule has 1 aromatic rings. The molecular formula is C18H21PS. The van der Waals surface area contributed by atoms with Crippen LogP contribution in [0, 0.1) is 0 Å². The topological polar surface area (TPSA) is 0 Å². The fourth-order valence-electron chi connectivity index (χ4n) is 4.24. The quantitative estimate of drug-likeness (QED) is 0.620. The molecule has 0 amide bonds. The number of benzene rings is 1. The highest BCUT2D eigenvalue weighted by molar-refractivity contribution is 8.22. The van der Waals surface area contributed by atoms with Gasteiger partial charge in [-0.25, -0.2) is 0 Å². The first kappa shape index (κ1) is 13.0. The molecule has 0 atom stereocenters. The third kappa shape index (κ3) is 1.76. The Kier molecular flexibility index (Phi) is 3.24. The molecule has 3 aliphatic rings. The second-order valence-electron chi connectivity index (χ2n) is 6.21. The Balaban J connectivity index is 1.95. The van der Waals surface area contributed by atoms with Crippen molar-refractivity contribution in [1.82, 2.24) is 0 Å². The molecule has 0 fully saturated rings. The van der Waals surface area contributed by atoms with E-state index in [2.05, 4.69) is 30.3 Å². The van der Waals surface area contributed by atoms with Crippen molar-refractivity contribution in [3.8, 4) is 0 Å². The summed E-state index contributed by atoms with van der Waals surface area (Å²) in [5.41, 5.74) is 3.44. The van der Waals surface area contributed by atoms with Crippen LogP contribution in [0.3, 0.4) is 0 Å². The Morgan fingerprint density at radius 2 is 1.20 bits per heavy atom. The van der Waals surface area contributed by atoms with Crippen molar-refractivity contribution in [3.63, 3.8) is 0 Å². The zero-order valence-electron chi connectivity index (χ0n) is 11.9. The molecule has 4 rings (SSSR count). The van der Waals surface area contributed by atoms with E-state index in [0.717, 1.165) is 0 Å². The summed E-state index contributed by atoms with van der Waals surface area (Å²) in [7, 11) is 0. The van der Waals surface area contributed by atoms with Gasteiger partial charge in [0.05, 0.1) is 0 Å². The molecule has 1 heterocycles. The first-order valence-electron chi connectivity index (χ1n) is 7.93. The minimum atomic E-state index is -1.59. The fraction of sp³-hybridized carbons (Fsp3) is 0.444. The van der Waals surface area contributed by atoms with Gasteiger partial charge in [0.15, 0.2) is 0 Å². The number of rotatable bonds is 1. The van der Waals surface area contributed by atoms with Gasteiger partial charge in [0, 0.05) is 6.04 Å². The van der Waals surface area contributed by atoms with E-state index in [1.54, 1.807) is 21.8 Å². The standard InChI is InChI=1S/C18H21PS/c20-19(14-8-2-1-3-9-14)17-12-6-4-10-15(17)16-11-5-7-13-18(16)19/h1-3,8-9H,4-7,10-13H2. The molecule has 2 heteroatoms. The van der Waals surface area contributed by atoms with Gasteiger partial charge in [-0.2, -0.15) is 0 Å². The van der Waals surface area contributed by atoms with Crippen molar-refractivity contribution in [3.05, 3.63) is 52.1 Å². The molecule has 0 bridgehead atoms. The molecule has 0 unspecified atom stereocenters. The number of hydrogen-bond donors (Lipinski definition) is 0. The van der Waals surface area contributed by atoms with E-state index in [4.69, 9.17) is 11.8 Å². The SMILES string of the molecule is S=P1(c2ccccc2)C2=C(CCCC2)C2=C1CCCC2. The molecule has 1 aliphatic heterocycles. The van der Waals surface area contributed by atoms with Crippen LogP contribution in [0.25, 0.3) is 0 Å². The summed E-state index contributed by atoms with van der Waals surface area (Å²) in [5, 5.41) is 4.87. The minimum absolute atomic E-state index is 1.27. The molecule has 0 saturated heterocycles. The summed E-state index contributed by atoms with van der Waals surface area (Å²) < 4.78 is 0. The minimum Gasteiger partial charge on any atom is -0.0832 e. The maximum atomic E-state index is 6.42. The van der Waals surface area contributed by atoms with Gasteiger partial charge in [-0.05, 0) is 78.4 Å². The molecule has 0 radical (unpaired) electrons. The third-order valence-corrected chi connectivity index (χ3v) is 10.6. The van der Waals surface area contributed by atoms with Crippen molar-refractivity contribution in [2.75, 3.05) is 0 Å². The zero-order chi connectivity index (χ0) is 13.6. The van der Waals surface area contributed by atoms with Gasteiger partial charge in [0.25, 0.3) is 0 Å². The zero-order valence-corrected chi connectivity index (χ0v) is 13.6. The molecular weight excluding hydrogens is 279 g/mol. The lowest BCUT2D eigenvalue weighted by molar-refractivity contribution is 0.664. The van der Waals surface area contributed by atoms with Gasteiger partial charge in [0.1, 0.15) is 0 Å². The first-order chi connectivity index (χ1) is 9.82. The molecule has 20 heavy (non-hydrogen) atoms. The molecule has 1 aromatic carbocycles. The van der Waals surface area contributed by atoms with Crippen LogP contribution in [0.1, 0.15) is 51.4 Å². The lowest BCUT2D eigenvalue weighted by Crippen LogP contribution is -2.08. The summed E-state index contributed by atoms with van der Waals surface area (Å²) in [4.78, 5) is 0. The second kappa shape index (κ2) is 4.97. The van der Waals surface area contributed by atoms with Crippen LogP contribution in [-0.4, -0.2) is 0 Å². The van der Waals surface area contributed by atoms with Gasteiger partial charge >= 0.3 is 0 Å². The molecule has 104 valence electrons. The van der Waals surface area contributed by atoms with E-state index in [1.165, 1.54) is 56.7 Å². The Morgan fingerprint density at radius 1 is 0.700 bits per heavy atom. The molecule has 0 spiro atoms.